The van der Waals surface area contributed by atoms with Gasteiger partial charge in [-0.2, -0.15) is 0 Å². The van der Waals surface area contributed by atoms with Gasteiger partial charge in [-0.05, 0) is 36.4 Å². The van der Waals surface area contributed by atoms with Crippen LogP contribution in [0.15, 0.2) is 53.8 Å². The molecule has 1 aromatic carbocycles. The Hall–Kier alpha value is -2.44. The van der Waals surface area contributed by atoms with Crippen LogP contribution in [0.2, 0.25) is 5.02 Å². The van der Waals surface area contributed by atoms with E-state index in [1.54, 1.807) is 24.5 Å². The summed E-state index contributed by atoms with van der Waals surface area (Å²) in [5.74, 6) is 0.694. The lowest BCUT2D eigenvalue weighted by Crippen LogP contribution is -2.46. The number of aromatic nitrogens is 1. The molecule has 25 heavy (non-hydrogen) atoms. The van der Waals surface area contributed by atoms with Gasteiger partial charge < -0.3 is 4.90 Å². The zero-order valence-corrected chi connectivity index (χ0v) is 14.2. The molecule has 0 unspecified atom stereocenters. The molecular weight excluding hydrogens is 340 g/mol. The Morgan fingerprint density at radius 2 is 1.96 bits per heavy atom. The zero-order chi connectivity index (χ0) is 17.3. The molecule has 1 N–H and O–H groups in total. The minimum absolute atomic E-state index is 0.00388. The number of likely N-dealkylation sites (tertiary alicyclic amines) is 1. The van der Waals surface area contributed by atoms with Crippen LogP contribution in [0.1, 0.15) is 28.8 Å². The van der Waals surface area contributed by atoms with Crippen molar-refractivity contribution in [2.75, 3.05) is 13.1 Å². The van der Waals surface area contributed by atoms with E-state index in [4.69, 9.17) is 21.4 Å². The van der Waals surface area contributed by atoms with Gasteiger partial charge in [-0.3, -0.25) is 9.78 Å². The monoisotopic (exact) mass is 356 g/mol. The molecule has 0 atom stereocenters. The number of piperidine rings is 1. The van der Waals surface area contributed by atoms with Crippen LogP contribution < -0.4 is 5.48 Å². The van der Waals surface area contributed by atoms with Gasteiger partial charge in [0.15, 0.2) is 11.6 Å². The number of halogens is 1. The van der Waals surface area contributed by atoms with Crippen molar-refractivity contribution >= 4 is 23.3 Å². The Morgan fingerprint density at radius 3 is 2.64 bits per heavy atom. The Kier molecular flexibility index (Phi) is 4.15. The number of hydroxylamine groups is 1. The van der Waals surface area contributed by atoms with Crippen molar-refractivity contribution in [1.82, 2.24) is 15.4 Å². The van der Waals surface area contributed by atoms with Crippen molar-refractivity contribution in [3.63, 3.8) is 0 Å². The van der Waals surface area contributed by atoms with Gasteiger partial charge in [0.1, 0.15) is 0 Å². The molecule has 1 spiro atoms. The third-order valence-corrected chi connectivity index (χ3v) is 4.76. The van der Waals surface area contributed by atoms with E-state index in [2.05, 4.69) is 10.5 Å². The third-order valence-electron chi connectivity index (χ3n) is 4.51. The smallest absolute Gasteiger partial charge is 0.255 e. The maximum absolute atomic E-state index is 12.5. The molecule has 2 aliphatic heterocycles. The van der Waals surface area contributed by atoms with Crippen molar-refractivity contribution < 1.29 is 9.63 Å². The van der Waals surface area contributed by atoms with Crippen molar-refractivity contribution in [1.29, 1.82) is 0 Å². The number of nitrogens with zero attached hydrogens (tertiary/aromatic N) is 3. The summed E-state index contributed by atoms with van der Waals surface area (Å²) in [7, 11) is 0. The molecule has 1 fully saturated rings. The number of carbonyl (C=O) groups excluding carboxylic acids is 1. The normalized spacial score (nSPS) is 18.8. The molecule has 3 heterocycles. The van der Waals surface area contributed by atoms with Crippen molar-refractivity contribution in [3.8, 4) is 0 Å². The summed E-state index contributed by atoms with van der Waals surface area (Å²) in [5.41, 5.74) is 3.84. The topological polar surface area (TPSA) is 66.8 Å². The number of aliphatic imine (C=N–C) groups is 1. The van der Waals surface area contributed by atoms with E-state index >= 15 is 0 Å². The van der Waals surface area contributed by atoms with Crippen LogP contribution in [-0.2, 0) is 4.84 Å². The molecule has 0 radical (unpaired) electrons. The van der Waals surface area contributed by atoms with Gasteiger partial charge in [-0.25, -0.2) is 15.3 Å². The maximum atomic E-state index is 12.5. The third kappa shape index (κ3) is 3.23. The van der Waals surface area contributed by atoms with Crippen LogP contribution in [-0.4, -0.2) is 40.4 Å². The van der Waals surface area contributed by atoms with Crippen molar-refractivity contribution in [3.05, 3.63) is 64.9 Å². The Labute approximate surface area is 150 Å². The predicted molar refractivity (Wildman–Crippen MR) is 94.3 cm³/mol. The molecule has 1 amide bonds. The van der Waals surface area contributed by atoms with E-state index in [1.807, 2.05) is 29.2 Å². The number of amidine groups is 1. The lowest BCUT2D eigenvalue weighted by molar-refractivity contribution is -0.0849. The van der Waals surface area contributed by atoms with Crippen LogP contribution in [0.25, 0.3) is 0 Å². The first-order valence-corrected chi connectivity index (χ1v) is 8.52. The first kappa shape index (κ1) is 16.1. The number of carbonyl (C=O) groups is 1. The number of rotatable bonds is 2. The highest BCUT2D eigenvalue weighted by Gasteiger charge is 2.41. The number of pyridine rings is 1. The Bertz CT molecular complexity index is 800. The van der Waals surface area contributed by atoms with Gasteiger partial charge in [0.2, 0.25) is 0 Å². The Morgan fingerprint density at radius 1 is 1.20 bits per heavy atom. The van der Waals surface area contributed by atoms with Gasteiger partial charge in [-0.15, -0.1) is 0 Å². The highest BCUT2D eigenvalue weighted by atomic mass is 35.5. The van der Waals surface area contributed by atoms with Crippen molar-refractivity contribution in [2.24, 2.45) is 4.99 Å². The fraction of sp³-hybridized carbons (Fsp3) is 0.278. The van der Waals surface area contributed by atoms with Gasteiger partial charge >= 0.3 is 0 Å². The molecule has 7 heteroatoms. The number of amides is 1. The van der Waals surface area contributed by atoms with Crippen LogP contribution in [0.3, 0.4) is 0 Å². The summed E-state index contributed by atoms with van der Waals surface area (Å²) in [6, 6.07) is 11.0. The lowest BCUT2D eigenvalue weighted by Gasteiger charge is -2.35. The fourth-order valence-electron chi connectivity index (χ4n) is 3.07. The van der Waals surface area contributed by atoms with Gasteiger partial charge in [-0.1, -0.05) is 11.6 Å². The van der Waals surface area contributed by atoms with E-state index in [0.717, 1.165) is 5.56 Å². The molecule has 2 aliphatic rings. The maximum Gasteiger partial charge on any atom is 0.255 e. The zero-order valence-electron chi connectivity index (χ0n) is 13.5. The fourth-order valence-corrected chi connectivity index (χ4v) is 3.19. The molecule has 0 bridgehead atoms. The van der Waals surface area contributed by atoms with E-state index in [0.29, 0.717) is 42.4 Å². The predicted octanol–water partition coefficient (Wildman–Crippen LogP) is 2.65. The first-order valence-electron chi connectivity index (χ1n) is 8.14. The lowest BCUT2D eigenvalue weighted by atomic mass is 10.0. The minimum Gasteiger partial charge on any atom is -0.338 e. The van der Waals surface area contributed by atoms with Crippen LogP contribution >= 0.6 is 11.6 Å². The second kappa shape index (κ2) is 6.46. The van der Waals surface area contributed by atoms with E-state index in [-0.39, 0.29) is 5.91 Å². The average molecular weight is 357 g/mol. The molecule has 128 valence electrons. The second-order valence-corrected chi connectivity index (χ2v) is 6.59. The SMILES string of the molecule is O=C(c1cccnc1)N1CCC2(CC1)N=C(c1ccc(Cl)cc1)NO2. The molecule has 6 nitrogen and oxygen atoms in total. The molecule has 1 aromatic heterocycles. The number of nitrogens with one attached hydrogen (secondary N) is 1. The summed E-state index contributed by atoms with van der Waals surface area (Å²) in [4.78, 5) is 28.8. The highest BCUT2D eigenvalue weighted by molar-refractivity contribution is 6.30. The minimum atomic E-state index is -0.610. The van der Waals surface area contributed by atoms with E-state index in [1.165, 1.54) is 0 Å². The van der Waals surface area contributed by atoms with Crippen LogP contribution in [0.5, 0.6) is 0 Å². The quantitative estimate of drug-likeness (QED) is 0.898. The van der Waals surface area contributed by atoms with E-state index in [9.17, 15) is 4.79 Å². The standard InChI is InChI=1S/C18H17ClN4O2/c19-15-5-3-13(4-6-15)16-21-18(25-22-16)7-10-23(11-8-18)17(24)14-2-1-9-20-12-14/h1-6,9,12H,7-8,10-11H2,(H,21,22). The molecule has 4 rings (SSSR count). The summed E-state index contributed by atoms with van der Waals surface area (Å²) in [6.45, 7) is 1.18. The summed E-state index contributed by atoms with van der Waals surface area (Å²) in [6.07, 6.45) is 4.54. The molecule has 1 saturated heterocycles. The average Bonchev–Trinajstić information content (AvgIpc) is 3.07. The number of benzene rings is 1. The van der Waals surface area contributed by atoms with Crippen LogP contribution in [0.4, 0.5) is 0 Å². The molecule has 0 saturated carbocycles. The van der Waals surface area contributed by atoms with Gasteiger partial charge in [0, 0.05) is 48.9 Å². The van der Waals surface area contributed by atoms with Crippen LogP contribution in [0, 0.1) is 0 Å². The second-order valence-electron chi connectivity index (χ2n) is 6.15. The van der Waals surface area contributed by atoms with Gasteiger partial charge in [0.25, 0.3) is 5.91 Å². The first-order chi connectivity index (χ1) is 12.2. The van der Waals surface area contributed by atoms with Crippen molar-refractivity contribution in [2.45, 2.75) is 18.6 Å². The summed E-state index contributed by atoms with van der Waals surface area (Å²) in [5, 5.41) is 0.681. The highest BCUT2D eigenvalue weighted by Crippen LogP contribution is 2.31. The number of hydrogen-bond donors (Lipinski definition) is 1. The molecule has 0 aliphatic carbocycles. The van der Waals surface area contributed by atoms with Gasteiger partial charge in [0.05, 0.1) is 5.56 Å². The summed E-state index contributed by atoms with van der Waals surface area (Å²) >= 11 is 5.92. The largest absolute Gasteiger partial charge is 0.338 e. The Balaban J connectivity index is 1.45. The van der Waals surface area contributed by atoms with E-state index < -0.39 is 5.72 Å². The molecular formula is C18H17ClN4O2. The summed E-state index contributed by atoms with van der Waals surface area (Å²) < 4.78 is 0. The number of hydrogen-bond acceptors (Lipinski definition) is 5. The molecule has 2 aromatic rings.